The van der Waals surface area contributed by atoms with Crippen molar-refractivity contribution < 1.29 is 37.8 Å². The Labute approximate surface area is 148 Å². The molecule has 1 aliphatic rings. The van der Waals surface area contributed by atoms with E-state index in [1.165, 1.54) is 18.3 Å². The number of rotatable bonds is 4. The fraction of sp³-hybridized carbons (Fsp3) is 0.333. The minimum absolute atomic E-state index is 0.153. The molecule has 3 rings (SSSR count). The van der Waals surface area contributed by atoms with Gasteiger partial charge in [-0.1, -0.05) is 0 Å². The lowest BCUT2D eigenvalue weighted by Gasteiger charge is -2.38. The normalized spacial score (nSPS) is 29.3. The SMILES string of the molecule is O=S(=O)(O)C1O[C@@H](Oc2ccnc(-c3cccnc3)c2)[C@H](O)[C@@H](O)[C@@H]1O. The van der Waals surface area contributed by atoms with Crippen molar-refractivity contribution in [3.05, 3.63) is 42.9 Å². The smallest absolute Gasteiger partial charge is 0.295 e. The van der Waals surface area contributed by atoms with E-state index in [0.29, 0.717) is 11.3 Å². The molecule has 0 aromatic carbocycles. The van der Waals surface area contributed by atoms with Crippen molar-refractivity contribution >= 4 is 10.1 Å². The van der Waals surface area contributed by atoms with Gasteiger partial charge in [-0.3, -0.25) is 14.5 Å². The van der Waals surface area contributed by atoms with Gasteiger partial charge in [0, 0.05) is 30.2 Å². The fourth-order valence-electron chi connectivity index (χ4n) is 2.45. The highest BCUT2D eigenvalue weighted by Gasteiger charge is 2.50. The summed E-state index contributed by atoms with van der Waals surface area (Å²) < 4.78 is 42.0. The van der Waals surface area contributed by atoms with Gasteiger partial charge in [-0.15, -0.1) is 0 Å². The predicted octanol–water partition coefficient (Wildman–Crippen LogP) is -0.825. The lowest BCUT2D eigenvalue weighted by atomic mass is 10.1. The Morgan fingerprint density at radius 2 is 1.85 bits per heavy atom. The number of aliphatic hydroxyl groups excluding tert-OH is 3. The van der Waals surface area contributed by atoms with Crippen LogP contribution in [0.15, 0.2) is 42.9 Å². The molecule has 0 spiro atoms. The molecule has 0 bridgehead atoms. The average Bonchev–Trinajstić information content (AvgIpc) is 2.62. The Morgan fingerprint density at radius 1 is 1.08 bits per heavy atom. The number of pyridine rings is 2. The molecule has 0 radical (unpaired) electrons. The number of ether oxygens (including phenoxy) is 2. The van der Waals surface area contributed by atoms with E-state index in [0.717, 1.165) is 0 Å². The van der Waals surface area contributed by atoms with E-state index < -0.39 is 40.2 Å². The summed E-state index contributed by atoms with van der Waals surface area (Å²) in [6.45, 7) is 0. The molecule has 1 fully saturated rings. The molecule has 1 aliphatic heterocycles. The molecule has 26 heavy (non-hydrogen) atoms. The molecule has 11 heteroatoms. The third kappa shape index (κ3) is 3.82. The maximum Gasteiger partial charge on any atom is 0.295 e. The van der Waals surface area contributed by atoms with Gasteiger partial charge in [0.2, 0.25) is 11.7 Å². The maximum absolute atomic E-state index is 11.3. The summed E-state index contributed by atoms with van der Waals surface area (Å²) in [6.07, 6.45) is -2.76. The quantitative estimate of drug-likeness (QED) is 0.490. The van der Waals surface area contributed by atoms with E-state index in [4.69, 9.17) is 14.0 Å². The van der Waals surface area contributed by atoms with Crippen LogP contribution in [-0.4, -0.2) is 68.3 Å². The maximum atomic E-state index is 11.3. The highest BCUT2D eigenvalue weighted by atomic mass is 32.2. The molecular weight excluding hydrogens is 368 g/mol. The van der Waals surface area contributed by atoms with Crippen molar-refractivity contribution in [2.45, 2.75) is 30.0 Å². The Bertz CT molecular complexity index is 863. The van der Waals surface area contributed by atoms with Crippen LogP contribution in [-0.2, 0) is 14.9 Å². The zero-order valence-corrected chi connectivity index (χ0v) is 14.0. The van der Waals surface area contributed by atoms with Crippen LogP contribution < -0.4 is 4.74 Å². The lowest BCUT2D eigenvalue weighted by Crippen LogP contribution is -2.61. The van der Waals surface area contributed by atoms with Crippen LogP contribution in [0.5, 0.6) is 5.75 Å². The van der Waals surface area contributed by atoms with Crippen LogP contribution >= 0.6 is 0 Å². The fourth-order valence-corrected chi connectivity index (χ4v) is 3.22. The van der Waals surface area contributed by atoms with Crippen LogP contribution in [0.1, 0.15) is 0 Å². The molecule has 1 saturated heterocycles. The molecule has 3 heterocycles. The molecule has 2 aromatic heterocycles. The van der Waals surface area contributed by atoms with Gasteiger partial charge >= 0.3 is 0 Å². The molecule has 10 nitrogen and oxygen atoms in total. The summed E-state index contributed by atoms with van der Waals surface area (Å²) in [5, 5.41) is 29.5. The third-order valence-corrected chi connectivity index (χ3v) is 4.74. The zero-order valence-electron chi connectivity index (χ0n) is 13.2. The molecule has 1 unspecified atom stereocenters. The molecular formula is C15H16N2O8S. The lowest BCUT2D eigenvalue weighted by molar-refractivity contribution is -0.254. The van der Waals surface area contributed by atoms with E-state index in [1.54, 1.807) is 24.5 Å². The van der Waals surface area contributed by atoms with Crippen molar-refractivity contribution in [2.24, 2.45) is 0 Å². The summed E-state index contributed by atoms with van der Waals surface area (Å²) in [5.74, 6) is 0.153. The highest BCUT2D eigenvalue weighted by molar-refractivity contribution is 7.86. The van der Waals surface area contributed by atoms with Gasteiger partial charge in [0.1, 0.15) is 24.1 Å². The molecule has 0 saturated carbocycles. The molecule has 5 atom stereocenters. The first-order chi connectivity index (χ1) is 12.3. The Hall–Kier alpha value is -2.15. The van der Waals surface area contributed by atoms with E-state index in [2.05, 4.69) is 9.97 Å². The Morgan fingerprint density at radius 3 is 2.50 bits per heavy atom. The van der Waals surface area contributed by atoms with E-state index in [1.807, 2.05) is 0 Å². The van der Waals surface area contributed by atoms with Gasteiger partial charge in [-0.2, -0.15) is 8.42 Å². The summed E-state index contributed by atoms with van der Waals surface area (Å²) in [5.41, 5.74) is -0.979. The van der Waals surface area contributed by atoms with Gasteiger partial charge in [0.25, 0.3) is 10.1 Å². The Balaban J connectivity index is 1.84. The van der Waals surface area contributed by atoms with Crippen LogP contribution in [0.2, 0.25) is 0 Å². The average molecular weight is 384 g/mol. The minimum atomic E-state index is -4.85. The van der Waals surface area contributed by atoms with Gasteiger partial charge < -0.3 is 24.8 Å². The summed E-state index contributed by atoms with van der Waals surface area (Å²) in [6, 6.07) is 6.40. The minimum Gasteiger partial charge on any atom is -0.462 e. The molecule has 2 aromatic rings. The number of aromatic nitrogens is 2. The topological polar surface area (TPSA) is 159 Å². The standard InChI is InChI=1S/C15H16N2O8S/c18-11-12(19)14(25-15(13(11)20)26(21,22)23)24-9-3-5-17-10(6-9)8-2-1-4-16-7-8/h1-7,11-15,18-20H,(H,21,22,23)/t11-,12-,13+,14-,15?/m1/s1. The van der Waals surface area contributed by atoms with Crippen LogP contribution in [0.25, 0.3) is 11.3 Å². The van der Waals surface area contributed by atoms with Crippen molar-refractivity contribution in [1.82, 2.24) is 9.97 Å². The van der Waals surface area contributed by atoms with Crippen molar-refractivity contribution in [3.8, 4) is 17.0 Å². The summed E-state index contributed by atoms with van der Waals surface area (Å²) >= 11 is 0. The number of nitrogens with zero attached hydrogens (tertiary/aromatic N) is 2. The summed E-state index contributed by atoms with van der Waals surface area (Å²) in [4.78, 5) is 8.13. The van der Waals surface area contributed by atoms with Gasteiger partial charge in [-0.05, 0) is 18.2 Å². The monoisotopic (exact) mass is 384 g/mol. The highest BCUT2D eigenvalue weighted by Crippen LogP contribution is 2.28. The van der Waals surface area contributed by atoms with Crippen molar-refractivity contribution in [1.29, 1.82) is 0 Å². The van der Waals surface area contributed by atoms with Gasteiger partial charge in [0.05, 0.1) is 5.69 Å². The second-order valence-corrected chi connectivity index (χ2v) is 7.09. The number of aliphatic hydroxyl groups is 3. The van der Waals surface area contributed by atoms with Crippen molar-refractivity contribution in [2.75, 3.05) is 0 Å². The van der Waals surface area contributed by atoms with Gasteiger partial charge in [0.15, 0.2) is 0 Å². The van der Waals surface area contributed by atoms with Crippen LogP contribution in [0, 0.1) is 0 Å². The van der Waals surface area contributed by atoms with Crippen LogP contribution in [0.4, 0.5) is 0 Å². The Kier molecular flexibility index (Phi) is 5.18. The van der Waals surface area contributed by atoms with E-state index >= 15 is 0 Å². The molecule has 0 aliphatic carbocycles. The molecule has 0 amide bonds. The van der Waals surface area contributed by atoms with Crippen LogP contribution in [0.3, 0.4) is 0 Å². The number of hydrogen-bond donors (Lipinski definition) is 4. The third-order valence-electron chi connectivity index (χ3n) is 3.76. The first-order valence-corrected chi connectivity index (χ1v) is 8.97. The van der Waals surface area contributed by atoms with Crippen molar-refractivity contribution in [3.63, 3.8) is 0 Å². The second-order valence-electron chi connectivity index (χ2n) is 5.60. The largest absolute Gasteiger partial charge is 0.462 e. The summed E-state index contributed by atoms with van der Waals surface area (Å²) in [7, 11) is -4.85. The first-order valence-electron chi connectivity index (χ1n) is 7.46. The van der Waals surface area contributed by atoms with Gasteiger partial charge in [-0.25, -0.2) is 0 Å². The predicted molar refractivity (Wildman–Crippen MR) is 86.3 cm³/mol. The first kappa shape index (κ1) is 18.6. The molecule has 4 N–H and O–H groups in total. The van der Waals surface area contributed by atoms with E-state index in [9.17, 15) is 23.7 Å². The number of hydrogen-bond acceptors (Lipinski definition) is 9. The molecule has 140 valence electrons. The second kappa shape index (κ2) is 7.23. The zero-order chi connectivity index (χ0) is 18.9. The van der Waals surface area contributed by atoms with E-state index in [-0.39, 0.29) is 5.75 Å².